The quantitative estimate of drug-likeness (QED) is 0.591. The molecule has 1 saturated heterocycles. The highest BCUT2D eigenvalue weighted by Crippen LogP contribution is 2.21. The third-order valence-corrected chi connectivity index (χ3v) is 5.88. The molecule has 0 N–H and O–H groups in total. The van der Waals surface area contributed by atoms with Crippen LogP contribution in [0.2, 0.25) is 0 Å². The van der Waals surface area contributed by atoms with E-state index in [0.717, 1.165) is 35.6 Å². The molecule has 8 nitrogen and oxygen atoms in total. The van der Waals surface area contributed by atoms with Crippen LogP contribution in [-0.2, 0) is 11.3 Å². The third kappa shape index (κ3) is 4.39. The van der Waals surface area contributed by atoms with Gasteiger partial charge in [0.1, 0.15) is 5.75 Å². The standard InChI is InChI=1S/C24H29N5O3/c1-26(2)23-24(31)29(21-7-5-4-6-20(21)25-23)13-12-22(30)28-16-14-27(15-17-28)18-8-10-19(32-3)11-9-18/h4-11H,12-17H2,1-3H3. The van der Waals surface area contributed by atoms with E-state index in [2.05, 4.69) is 9.88 Å². The van der Waals surface area contributed by atoms with Gasteiger partial charge in [-0.15, -0.1) is 0 Å². The van der Waals surface area contributed by atoms with Crippen LogP contribution in [0.4, 0.5) is 11.5 Å². The first-order valence-electron chi connectivity index (χ1n) is 10.8. The molecule has 0 radical (unpaired) electrons. The van der Waals surface area contributed by atoms with E-state index in [1.54, 1.807) is 30.7 Å². The van der Waals surface area contributed by atoms with E-state index >= 15 is 0 Å². The number of anilines is 2. The molecule has 1 aliphatic heterocycles. The fourth-order valence-corrected chi connectivity index (χ4v) is 4.06. The Kier molecular flexibility index (Phi) is 6.30. The number of piperazine rings is 1. The van der Waals surface area contributed by atoms with Gasteiger partial charge in [-0.05, 0) is 36.4 Å². The van der Waals surface area contributed by atoms with Crippen molar-refractivity contribution in [2.24, 2.45) is 0 Å². The molecule has 2 aromatic carbocycles. The number of nitrogens with zero attached hydrogens (tertiary/aromatic N) is 5. The van der Waals surface area contributed by atoms with Crippen molar-refractivity contribution in [1.82, 2.24) is 14.5 Å². The molecule has 0 saturated carbocycles. The number of aromatic nitrogens is 2. The molecule has 1 fully saturated rings. The number of ether oxygens (including phenoxy) is 1. The number of benzene rings is 2. The molecule has 2 heterocycles. The van der Waals surface area contributed by atoms with Crippen molar-refractivity contribution in [2.45, 2.75) is 13.0 Å². The number of hydrogen-bond acceptors (Lipinski definition) is 6. The number of methoxy groups -OCH3 is 1. The lowest BCUT2D eigenvalue weighted by molar-refractivity contribution is -0.131. The average molecular weight is 436 g/mol. The maximum absolute atomic E-state index is 13.0. The number of fused-ring (bicyclic) bond motifs is 1. The molecular formula is C24H29N5O3. The van der Waals surface area contributed by atoms with Gasteiger partial charge in [0.15, 0.2) is 5.82 Å². The first-order valence-corrected chi connectivity index (χ1v) is 10.8. The molecule has 0 atom stereocenters. The lowest BCUT2D eigenvalue weighted by atomic mass is 10.2. The van der Waals surface area contributed by atoms with Gasteiger partial charge in [-0.2, -0.15) is 0 Å². The van der Waals surface area contributed by atoms with E-state index < -0.39 is 0 Å². The second-order valence-electron chi connectivity index (χ2n) is 8.09. The van der Waals surface area contributed by atoms with Crippen LogP contribution < -0.4 is 20.1 Å². The molecule has 1 aromatic heterocycles. The van der Waals surface area contributed by atoms with Crippen molar-refractivity contribution in [1.29, 1.82) is 0 Å². The summed E-state index contributed by atoms with van der Waals surface area (Å²) in [5.41, 5.74) is 2.45. The summed E-state index contributed by atoms with van der Waals surface area (Å²) >= 11 is 0. The van der Waals surface area contributed by atoms with Crippen LogP contribution in [0.25, 0.3) is 11.0 Å². The van der Waals surface area contributed by atoms with E-state index in [9.17, 15) is 9.59 Å². The minimum atomic E-state index is -0.175. The first-order chi connectivity index (χ1) is 15.5. The van der Waals surface area contributed by atoms with Crippen LogP contribution in [-0.4, -0.2) is 67.7 Å². The van der Waals surface area contributed by atoms with Gasteiger partial charge in [0.05, 0.1) is 18.1 Å². The lowest BCUT2D eigenvalue weighted by Gasteiger charge is -2.36. The highest BCUT2D eigenvalue weighted by molar-refractivity contribution is 5.78. The van der Waals surface area contributed by atoms with Crippen LogP contribution >= 0.6 is 0 Å². The molecule has 1 aliphatic rings. The first kappa shape index (κ1) is 21.7. The second-order valence-corrected chi connectivity index (χ2v) is 8.09. The highest BCUT2D eigenvalue weighted by Gasteiger charge is 2.22. The summed E-state index contributed by atoms with van der Waals surface area (Å²) in [5, 5.41) is 0. The summed E-state index contributed by atoms with van der Waals surface area (Å²) in [5.74, 6) is 1.28. The van der Waals surface area contributed by atoms with Crippen LogP contribution in [0.1, 0.15) is 6.42 Å². The highest BCUT2D eigenvalue weighted by atomic mass is 16.5. The summed E-state index contributed by atoms with van der Waals surface area (Å²) < 4.78 is 6.89. The van der Waals surface area contributed by atoms with Gasteiger partial charge in [-0.3, -0.25) is 9.59 Å². The minimum absolute atomic E-state index is 0.0681. The normalized spacial score (nSPS) is 14.0. The molecule has 0 aliphatic carbocycles. The molecule has 4 rings (SSSR count). The maximum Gasteiger partial charge on any atom is 0.293 e. The number of rotatable bonds is 6. The van der Waals surface area contributed by atoms with Gasteiger partial charge >= 0.3 is 0 Å². The number of aryl methyl sites for hydroxylation is 1. The number of carbonyl (C=O) groups is 1. The maximum atomic E-state index is 13.0. The summed E-state index contributed by atoms with van der Waals surface area (Å²) in [6.45, 7) is 3.22. The molecule has 1 amide bonds. The SMILES string of the molecule is COc1ccc(N2CCN(C(=O)CCn3c(=O)c(N(C)C)nc4ccccc43)CC2)cc1. The van der Waals surface area contributed by atoms with Crippen molar-refractivity contribution in [3.05, 3.63) is 58.9 Å². The van der Waals surface area contributed by atoms with Gasteiger partial charge < -0.3 is 24.0 Å². The second kappa shape index (κ2) is 9.30. The summed E-state index contributed by atoms with van der Waals surface area (Å²) in [6, 6.07) is 15.5. The van der Waals surface area contributed by atoms with E-state index in [1.165, 1.54) is 0 Å². The van der Waals surface area contributed by atoms with Crippen LogP contribution in [0, 0.1) is 0 Å². The van der Waals surface area contributed by atoms with Crippen molar-refractivity contribution in [3.63, 3.8) is 0 Å². The summed E-state index contributed by atoms with van der Waals surface area (Å²) in [4.78, 5) is 36.2. The Hall–Kier alpha value is -3.55. The zero-order valence-electron chi connectivity index (χ0n) is 18.8. The molecule has 8 heteroatoms. The number of hydrogen-bond donors (Lipinski definition) is 0. The Morgan fingerprint density at radius 3 is 2.38 bits per heavy atom. The number of para-hydroxylation sites is 2. The summed E-state index contributed by atoms with van der Waals surface area (Å²) in [7, 11) is 5.26. The Bertz CT molecular complexity index is 1150. The Labute approximate surface area is 187 Å². The molecule has 0 spiro atoms. The van der Waals surface area contributed by atoms with Gasteiger partial charge in [0.2, 0.25) is 5.91 Å². The molecule has 32 heavy (non-hydrogen) atoms. The van der Waals surface area contributed by atoms with Crippen LogP contribution in [0.15, 0.2) is 53.3 Å². The van der Waals surface area contributed by atoms with E-state index in [-0.39, 0.29) is 17.9 Å². The average Bonchev–Trinajstić information content (AvgIpc) is 2.83. The van der Waals surface area contributed by atoms with Crippen LogP contribution in [0.5, 0.6) is 5.75 Å². The zero-order chi connectivity index (χ0) is 22.7. The van der Waals surface area contributed by atoms with Gasteiger partial charge in [-0.25, -0.2) is 4.98 Å². The number of carbonyl (C=O) groups excluding carboxylic acids is 1. The smallest absolute Gasteiger partial charge is 0.293 e. The van der Waals surface area contributed by atoms with Crippen molar-refractivity contribution >= 4 is 28.4 Å². The van der Waals surface area contributed by atoms with Crippen LogP contribution in [0.3, 0.4) is 0 Å². The van der Waals surface area contributed by atoms with E-state index in [4.69, 9.17) is 4.74 Å². The summed E-state index contributed by atoms with van der Waals surface area (Å²) in [6.07, 6.45) is 0.281. The Balaban J connectivity index is 1.42. The van der Waals surface area contributed by atoms with Gasteiger partial charge in [-0.1, -0.05) is 12.1 Å². The topological polar surface area (TPSA) is 70.9 Å². The van der Waals surface area contributed by atoms with Gasteiger partial charge in [0, 0.05) is 58.9 Å². The van der Waals surface area contributed by atoms with E-state index in [0.29, 0.717) is 25.5 Å². The predicted molar refractivity (Wildman–Crippen MR) is 127 cm³/mol. The van der Waals surface area contributed by atoms with Gasteiger partial charge in [0.25, 0.3) is 5.56 Å². The minimum Gasteiger partial charge on any atom is -0.497 e. The molecule has 0 unspecified atom stereocenters. The Morgan fingerprint density at radius 1 is 1.03 bits per heavy atom. The zero-order valence-corrected chi connectivity index (χ0v) is 18.8. The predicted octanol–water partition coefficient (Wildman–Crippen LogP) is 2.21. The fourth-order valence-electron chi connectivity index (χ4n) is 4.06. The molecule has 3 aromatic rings. The van der Waals surface area contributed by atoms with E-state index in [1.807, 2.05) is 53.4 Å². The molecule has 168 valence electrons. The molecular weight excluding hydrogens is 406 g/mol. The molecule has 0 bridgehead atoms. The van der Waals surface area contributed by atoms with Crippen molar-refractivity contribution in [3.8, 4) is 5.75 Å². The Morgan fingerprint density at radius 2 is 1.72 bits per heavy atom. The monoisotopic (exact) mass is 435 g/mol. The fraction of sp³-hybridized carbons (Fsp3) is 0.375. The lowest BCUT2D eigenvalue weighted by Crippen LogP contribution is -2.49. The van der Waals surface area contributed by atoms with Crippen molar-refractivity contribution in [2.75, 3.05) is 57.2 Å². The largest absolute Gasteiger partial charge is 0.497 e. The number of amides is 1. The van der Waals surface area contributed by atoms with Crippen molar-refractivity contribution < 1.29 is 9.53 Å². The third-order valence-electron chi connectivity index (χ3n) is 5.88.